The number of halogens is 1. The summed E-state index contributed by atoms with van der Waals surface area (Å²) >= 11 is 0. The monoisotopic (exact) mass is 381 g/mol. The van der Waals surface area contributed by atoms with Crippen LogP contribution in [0.3, 0.4) is 0 Å². The van der Waals surface area contributed by atoms with Gasteiger partial charge in [0, 0.05) is 6.54 Å². The van der Waals surface area contributed by atoms with Gasteiger partial charge < -0.3 is 14.4 Å². The molecule has 2 aromatic carbocycles. The highest BCUT2D eigenvalue weighted by molar-refractivity contribution is 5.99. The largest absolute Gasteiger partial charge is 0.450 e. The lowest BCUT2D eigenvalue weighted by atomic mass is 9.95. The summed E-state index contributed by atoms with van der Waals surface area (Å²) in [6.45, 7) is 3.97. The number of rotatable bonds is 4. The Morgan fingerprint density at radius 3 is 2.50 bits per heavy atom. The van der Waals surface area contributed by atoms with Gasteiger partial charge in [0.1, 0.15) is 11.4 Å². The zero-order chi connectivity index (χ0) is 20.0. The number of benzene rings is 2. The van der Waals surface area contributed by atoms with Gasteiger partial charge >= 0.3 is 0 Å². The molecule has 6 heteroatoms. The van der Waals surface area contributed by atoms with Crippen molar-refractivity contribution in [1.82, 2.24) is 4.90 Å². The molecule has 1 N–H and O–H groups in total. The van der Waals surface area contributed by atoms with Gasteiger partial charge in [-0.3, -0.25) is 9.59 Å². The lowest BCUT2D eigenvalue weighted by molar-refractivity contribution is 0.0691. The van der Waals surface area contributed by atoms with Crippen molar-refractivity contribution in [3.63, 3.8) is 0 Å². The van der Waals surface area contributed by atoms with Crippen LogP contribution in [0.5, 0.6) is 0 Å². The summed E-state index contributed by atoms with van der Waals surface area (Å²) in [7, 11) is 0. The van der Waals surface area contributed by atoms with Crippen LogP contribution in [0.1, 0.15) is 53.1 Å². The number of aliphatic hydroxyl groups is 1. The van der Waals surface area contributed by atoms with Crippen LogP contribution in [0.4, 0.5) is 4.39 Å². The Hall–Kier alpha value is -2.99. The second-order valence-corrected chi connectivity index (χ2v) is 7.26. The number of aliphatic hydroxyl groups excluding tert-OH is 1. The summed E-state index contributed by atoms with van der Waals surface area (Å²) < 4.78 is 19.4. The van der Waals surface area contributed by atoms with E-state index in [-0.39, 0.29) is 35.4 Å². The van der Waals surface area contributed by atoms with Crippen molar-refractivity contribution >= 4 is 16.9 Å². The molecule has 2 heterocycles. The van der Waals surface area contributed by atoms with Crippen LogP contribution in [0.25, 0.3) is 11.0 Å². The van der Waals surface area contributed by atoms with E-state index in [0.717, 1.165) is 17.2 Å². The van der Waals surface area contributed by atoms with Crippen LogP contribution in [-0.2, 0) is 0 Å². The van der Waals surface area contributed by atoms with E-state index in [1.807, 2.05) is 24.3 Å². The second kappa shape index (κ2) is 6.87. The fourth-order valence-electron chi connectivity index (χ4n) is 3.74. The van der Waals surface area contributed by atoms with Crippen molar-refractivity contribution < 1.29 is 18.7 Å². The van der Waals surface area contributed by atoms with Gasteiger partial charge in [0.05, 0.1) is 23.6 Å². The zero-order valence-corrected chi connectivity index (χ0v) is 15.6. The first kappa shape index (κ1) is 18.4. The first-order chi connectivity index (χ1) is 13.4. The van der Waals surface area contributed by atoms with Crippen molar-refractivity contribution in [3.8, 4) is 0 Å². The Labute approximate surface area is 161 Å². The van der Waals surface area contributed by atoms with E-state index in [1.165, 1.54) is 17.0 Å². The van der Waals surface area contributed by atoms with Gasteiger partial charge in [0.15, 0.2) is 5.43 Å². The first-order valence-electron chi connectivity index (χ1n) is 9.20. The Morgan fingerprint density at radius 2 is 1.86 bits per heavy atom. The molecule has 1 unspecified atom stereocenters. The molecule has 0 saturated heterocycles. The van der Waals surface area contributed by atoms with Crippen molar-refractivity contribution in [2.45, 2.75) is 25.8 Å². The van der Waals surface area contributed by atoms with Gasteiger partial charge in [-0.2, -0.15) is 0 Å². The van der Waals surface area contributed by atoms with E-state index in [0.29, 0.717) is 5.92 Å². The Kier molecular flexibility index (Phi) is 4.51. The Bertz CT molecular complexity index is 1120. The number of nitrogens with zero attached hydrogens (tertiary/aromatic N) is 1. The predicted octanol–water partition coefficient (Wildman–Crippen LogP) is 3.59. The third-order valence-electron chi connectivity index (χ3n) is 5.19. The molecule has 0 bridgehead atoms. The molecular weight excluding hydrogens is 361 g/mol. The number of β-amino-alcohol motifs (C(OH)–C–C–N with tert-alkyl or cyclic N) is 1. The van der Waals surface area contributed by atoms with E-state index in [4.69, 9.17) is 4.42 Å². The van der Waals surface area contributed by atoms with E-state index in [1.54, 1.807) is 0 Å². The minimum absolute atomic E-state index is 0.0458. The molecule has 0 aliphatic carbocycles. The minimum atomic E-state index is -0.681. The fraction of sp³-hybridized carbons (Fsp3) is 0.273. The molecule has 3 aromatic rings. The van der Waals surface area contributed by atoms with Crippen molar-refractivity contribution in [2.24, 2.45) is 0 Å². The standard InChI is InChI=1S/C22H20FNO4/c1-12(2)13-3-5-14(6-4-13)19-18-20(26)16-11-15(23)7-8-17(16)28-21(18)22(27)24(19)9-10-25/h3-8,11-12,19,25H,9-10H2,1-2H3. The molecule has 0 fully saturated rings. The summed E-state index contributed by atoms with van der Waals surface area (Å²) in [5.41, 5.74) is 1.80. The molecule has 1 aromatic heterocycles. The third kappa shape index (κ3) is 2.81. The summed E-state index contributed by atoms with van der Waals surface area (Å²) in [5.74, 6) is -0.702. The molecule has 144 valence electrons. The highest BCUT2D eigenvalue weighted by Crippen LogP contribution is 2.38. The normalized spacial score (nSPS) is 16.2. The van der Waals surface area contributed by atoms with E-state index in [9.17, 15) is 19.1 Å². The Balaban J connectivity index is 1.95. The quantitative estimate of drug-likeness (QED) is 0.750. The van der Waals surface area contributed by atoms with Crippen LogP contribution in [0.15, 0.2) is 51.7 Å². The summed E-state index contributed by atoms with van der Waals surface area (Å²) in [6, 6.07) is 10.7. The smallest absolute Gasteiger partial charge is 0.290 e. The van der Waals surface area contributed by atoms with Crippen LogP contribution in [-0.4, -0.2) is 29.1 Å². The number of hydrogen-bond donors (Lipinski definition) is 1. The molecule has 0 saturated carbocycles. The van der Waals surface area contributed by atoms with Gasteiger partial charge in [-0.05, 0) is 35.2 Å². The first-order valence-corrected chi connectivity index (χ1v) is 9.20. The predicted molar refractivity (Wildman–Crippen MR) is 103 cm³/mol. The number of carbonyl (C=O) groups is 1. The van der Waals surface area contributed by atoms with Crippen molar-refractivity contribution in [3.05, 3.63) is 81.0 Å². The maximum atomic E-state index is 13.7. The number of amides is 1. The fourth-order valence-corrected chi connectivity index (χ4v) is 3.74. The molecule has 0 spiro atoms. The number of hydrogen-bond acceptors (Lipinski definition) is 4. The van der Waals surface area contributed by atoms with Crippen molar-refractivity contribution in [1.29, 1.82) is 0 Å². The summed E-state index contributed by atoms with van der Waals surface area (Å²) in [5, 5.41) is 9.55. The number of carbonyl (C=O) groups excluding carboxylic acids is 1. The van der Waals surface area contributed by atoms with Gasteiger partial charge in [-0.15, -0.1) is 0 Å². The van der Waals surface area contributed by atoms with Gasteiger partial charge in [0.2, 0.25) is 5.76 Å². The molecule has 1 aliphatic rings. The molecule has 1 aliphatic heterocycles. The number of fused-ring (bicyclic) bond motifs is 2. The van der Waals surface area contributed by atoms with E-state index >= 15 is 0 Å². The van der Waals surface area contributed by atoms with Gasteiger partial charge in [-0.25, -0.2) is 4.39 Å². The maximum absolute atomic E-state index is 13.7. The lowest BCUT2D eigenvalue weighted by Crippen LogP contribution is -2.32. The molecule has 5 nitrogen and oxygen atoms in total. The molecule has 1 amide bonds. The van der Waals surface area contributed by atoms with Gasteiger partial charge in [-0.1, -0.05) is 38.1 Å². The average molecular weight is 381 g/mol. The third-order valence-corrected chi connectivity index (χ3v) is 5.19. The molecule has 4 rings (SSSR count). The average Bonchev–Trinajstić information content (AvgIpc) is 2.95. The van der Waals surface area contributed by atoms with Gasteiger partial charge in [0.25, 0.3) is 5.91 Å². The Morgan fingerprint density at radius 1 is 1.14 bits per heavy atom. The van der Waals surface area contributed by atoms with Crippen LogP contribution < -0.4 is 5.43 Å². The molecular formula is C22H20FNO4. The molecule has 0 radical (unpaired) electrons. The zero-order valence-electron chi connectivity index (χ0n) is 15.6. The molecule has 28 heavy (non-hydrogen) atoms. The van der Waals surface area contributed by atoms with Crippen LogP contribution in [0, 0.1) is 5.82 Å². The van der Waals surface area contributed by atoms with Crippen LogP contribution >= 0.6 is 0 Å². The van der Waals surface area contributed by atoms with Crippen LogP contribution in [0.2, 0.25) is 0 Å². The topological polar surface area (TPSA) is 70.8 Å². The SMILES string of the molecule is CC(C)c1ccc(C2c3c(oc4ccc(F)cc4c3=O)C(=O)N2CCO)cc1. The lowest BCUT2D eigenvalue weighted by Gasteiger charge is -2.24. The summed E-state index contributed by atoms with van der Waals surface area (Å²) in [4.78, 5) is 27.5. The maximum Gasteiger partial charge on any atom is 0.290 e. The van der Waals surface area contributed by atoms with Crippen molar-refractivity contribution in [2.75, 3.05) is 13.2 Å². The minimum Gasteiger partial charge on any atom is -0.450 e. The molecule has 1 atom stereocenters. The highest BCUT2D eigenvalue weighted by atomic mass is 19.1. The second-order valence-electron chi connectivity index (χ2n) is 7.26. The highest BCUT2D eigenvalue weighted by Gasteiger charge is 2.42. The summed E-state index contributed by atoms with van der Waals surface area (Å²) in [6.07, 6.45) is 0. The van der Waals surface area contributed by atoms with E-state index in [2.05, 4.69) is 13.8 Å². The van der Waals surface area contributed by atoms with E-state index < -0.39 is 23.2 Å².